The van der Waals surface area contributed by atoms with Gasteiger partial charge in [0.2, 0.25) is 20.7 Å². The van der Waals surface area contributed by atoms with Crippen molar-refractivity contribution in [2.75, 3.05) is 7.11 Å². The zero-order chi connectivity index (χ0) is 14.9. The van der Waals surface area contributed by atoms with Crippen LogP contribution in [0.15, 0.2) is 72.8 Å². The highest BCUT2D eigenvalue weighted by molar-refractivity contribution is 7.24. The summed E-state index contributed by atoms with van der Waals surface area (Å²) < 4.78 is 7.91. The van der Waals surface area contributed by atoms with Crippen molar-refractivity contribution in [3.63, 3.8) is 0 Å². The third kappa shape index (κ3) is 2.13. The van der Waals surface area contributed by atoms with Crippen LogP contribution in [-0.4, -0.2) is 7.11 Å². The van der Waals surface area contributed by atoms with Crippen molar-refractivity contribution >= 4 is 31.5 Å². The van der Waals surface area contributed by atoms with E-state index in [-0.39, 0.29) is 0 Å². The van der Waals surface area contributed by atoms with Crippen molar-refractivity contribution in [1.29, 1.82) is 0 Å². The van der Waals surface area contributed by atoms with E-state index in [4.69, 9.17) is 4.74 Å². The highest BCUT2D eigenvalue weighted by Crippen LogP contribution is 2.39. The molecular formula is C20H15OS+. The van der Waals surface area contributed by atoms with Gasteiger partial charge >= 0.3 is 0 Å². The molecule has 22 heavy (non-hydrogen) atoms. The molecule has 0 amide bonds. The molecule has 1 heterocycles. The molecule has 0 unspecified atom stereocenters. The van der Waals surface area contributed by atoms with E-state index >= 15 is 0 Å². The van der Waals surface area contributed by atoms with Crippen LogP contribution >= 0.6 is 11.3 Å². The maximum absolute atomic E-state index is 5.28. The minimum Gasteiger partial charge on any atom is -0.497 e. The Hall–Kier alpha value is -2.45. The molecule has 1 aromatic heterocycles. The molecule has 3 aromatic carbocycles. The third-order valence-electron chi connectivity index (χ3n) is 3.91. The van der Waals surface area contributed by atoms with Crippen molar-refractivity contribution in [3.05, 3.63) is 72.8 Å². The summed E-state index contributed by atoms with van der Waals surface area (Å²) in [6.07, 6.45) is 0. The normalized spacial score (nSPS) is 11.0. The lowest BCUT2D eigenvalue weighted by atomic mass is 9.98. The Bertz CT molecular complexity index is 904. The first kappa shape index (κ1) is 13.2. The Kier molecular flexibility index (Phi) is 3.24. The molecule has 106 valence electrons. The fourth-order valence-electron chi connectivity index (χ4n) is 2.86. The van der Waals surface area contributed by atoms with E-state index in [2.05, 4.69) is 60.7 Å². The lowest BCUT2D eigenvalue weighted by molar-refractivity contribution is 0.415. The van der Waals surface area contributed by atoms with Gasteiger partial charge in [0.25, 0.3) is 0 Å². The van der Waals surface area contributed by atoms with Crippen LogP contribution in [-0.2, 0) is 0 Å². The molecule has 0 spiro atoms. The Labute approximate surface area is 133 Å². The standard InChI is InChI=1S/C20H15OS/c1-21-15-12-10-14(11-13-15)20-16-6-2-4-8-18(16)22-19-9-5-3-7-17(19)20/h2-13H,1H3/q+1. The van der Waals surface area contributed by atoms with Crippen LogP contribution in [0.4, 0.5) is 0 Å². The molecule has 0 aliphatic heterocycles. The zero-order valence-electron chi connectivity index (χ0n) is 12.2. The fraction of sp³-hybridized carbons (Fsp3) is 0.0500. The molecule has 0 aliphatic rings. The molecule has 4 aromatic rings. The SMILES string of the molecule is COc1ccc(-c2c3ccccc3[s+]c3ccccc23)cc1. The third-order valence-corrected chi connectivity index (χ3v) is 5.06. The molecule has 0 bridgehead atoms. The van der Waals surface area contributed by atoms with E-state index in [0.717, 1.165) is 5.75 Å². The van der Waals surface area contributed by atoms with Gasteiger partial charge in [0.15, 0.2) is 0 Å². The van der Waals surface area contributed by atoms with Gasteiger partial charge in [-0.1, -0.05) is 36.4 Å². The Balaban J connectivity index is 2.11. The van der Waals surface area contributed by atoms with Crippen LogP contribution in [0.5, 0.6) is 5.75 Å². The minimum atomic E-state index is 0.885. The highest BCUT2D eigenvalue weighted by Gasteiger charge is 2.17. The summed E-state index contributed by atoms with van der Waals surface area (Å²) in [6, 6.07) is 25.5. The van der Waals surface area contributed by atoms with E-state index in [1.54, 1.807) is 7.11 Å². The molecule has 0 radical (unpaired) electrons. The highest BCUT2D eigenvalue weighted by atomic mass is 32.1. The average molecular weight is 303 g/mol. The summed E-state index contributed by atoms with van der Waals surface area (Å²) in [5.41, 5.74) is 2.52. The summed E-state index contributed by atoms with van der Waals surface area (Å²) >= 11 is 1.84. The van der Waals surface area contributed by atoms with Gasteiger partial charge in [-0.25, -0.2) is 0 Å². The Morgan fingerprint density at radius 2 is 1.23 bits per heavy atom. The second-order valence-corrected chi connectivity index (χ2v) is 6.28. The lowest BCUT2D eigenvalue weighted by Crippen LogP contribution is -1.85. The molecule has 0 N–H and O–H groups in total. The maximum Gasteiger partial charge on any atom is 0.239 e. The molecule has 1 nitrogen and oxygen atoms in total. The number of methoxy groups -OCH3 is 1. The molecule has 0 saturated carbocycles. The first-order valence-electron chi connectivity index (χ1n) is 7.25. The number of ether oxygens (including phenoxy) is 1. The van der Waals surface area contributed by atoms with Gasteiger partial charge in [0.1, 0.15) is 5.75 Å². The van der Waals surface area contributed by atoms with Crippen LogP contribution < -0.4 is 4.74 Å². The monoisotopic (exact) mass is 303 g/mol. The average Bonchev–Trinajstić information content (AvgIpc) is 2.60. The van der Waals surface area contributed by atoms with Gasteiger partial charge in [-0.3, -0.25) is 0 Å². The van der Waals surface area contributed by atoms with Crippen molar-refractivity contribution < 1.29 is 4.74 Å². The summed E-state index contributed by atoms with van der Waals surface area (Å²) in [5.74, 6) is 0.885. The van der Waals surface area contributed by atoms with E-state index < -0.39 is 0 Å². The quantitative estimate of drug-likeness (QED) is 0.325. The van der Waals surface area contributed by atoms with Gasteiger partial charge in [-0.05, 0) is 29.8 Å². The number of fused-ring (bicyclic) bond motifs is 2. The largest absolute Gasteiger partial charge is 0.497 e. The summed E-state index contributed by atoms with van der Waals surface area (Å²) in [6.45, 7) is 0. The topological polar surface area (TPSA) is 9.23 Å². The fourth-order valence-corrected chi connectivity index (χ4v) is 3.95. The van der Waals surface area contributed by atoms with Crippen molar-refractivity contribution in [2.45, 2.75) is 0 Å². The molecule has 0 atom stereocenters. The van der Waals surface area contributed by atoms with Crippen LogP contribution in [0, 0.1) is 0 Å². The van der Waals surface area contributed by atoms with Gasteiger partial charge < -0.3 is 4.74 Å². The summed E-state index contributed by atoms with van der Waals surface area (Å²) in [5, 5.41) is 2.60. The number of hydrogen-bond acceptors (Lipinski definition) is 1. The first-order chi connectivity index (χ1) is 10.9. The number of hydrogen-bond donors (Lipinski definition) is 0. The second kappa shape index (κ2) is 5.39. The van der Waals surface area contributed by atoms with Crippen molar-refractivity contribution in [2.24, 2.45) is 0 Å². The minimum absolute atomic E-state index is 0.885. The van der Waals surface area contributed by atoms with Gasteiger partial charge in [-0.15, -0.1) is 0 Å². The molecular weight excluding hydrogens is 288 g/mol. The van der Waals surface area contributed by atoms with Gasteiger partial charge in [-0.2, -0.15) is 0 Å². The van der Waals surface area contributed by atoms with Gasteiger partial charge in [0, 0.05) is 28.5 Å². The van der Waals surface area contributed by atoms with Crippen molar-refractivity contribution in [1.82, 2.24) is 0 Å². The summed E-state index contributed by atoms with van der Waals surface area (Å²) in [7, 11) is 1.70. The predicted octanol–water partition coefficient (Wildman–Crippen LogP) is 6.01. The van der Waals surface area contributed by atoms with Crippen LogP contribution in [0.1, 0.15) is 0 Å². The lowest BCUT2D eigenvalue weighted by Gasteiger charge is -2.07. The molecule has 0 aliphatic carbocycles. The number of rotatable bonds is 2. The molecule has 2 heteroatoms. The molecule has 0 fully saturated rings. The molecule has 0 saturated heterocycles. The zero-order valence-corrected chi connectivity index (χ0v) is 13.1. The van der Waals surface area contributed by atoms with Crippen LogP contribution in [0.25, 0.3) is 31.3 Å². The summed E-state index contributed by atoms with van der Waals surface area (Å²) in [4.78, 5) is 0. The van der Waals surface area contributed by atoms with Crippen LogP contribution in [0.2, 0.25) is 0 Å². The molecule has 4 rings (SSSR count). The van der Waals surface area contributed by atoms with E-state index in [0.29, 0.717) is 0 Å². The number of benzene rings is 3. The van der Waals surface area contributed by atoms with Crippen LogP contribution in [0.3, 0.4) is 0 Å². The first-order valence-corrected chi connectivity index (χ1v) is 8.06. The van der Waals surface area contributed by atoms with E-state index in [1.807, 2.05) is 23.5 Å². The smallest absolute Gasteiger partial charge is 0.239 e. The second-order valence-electron chi connectivity index (χ2n) is 5.20. The van der Waals surface area contributed by atoms with E-state index in [1.165, 1.54) is 31.3 Å². The Morgan fingerprint density at radius 3 is 1.77 bits per heavy atom. The maximum atomic E-state index is 5.28. The Morgan fingerprint density at radius 1 is 0.682 bits per heavy atom. The van der Waals surface area contributed by atoms with Crippen molar-refractivity contribution in [3.8, 4) is 16.9 Å². The van der Waals surface area contributed by atoms with E-state index in [9.17, 15) is 0 Å². The van der Waals surface area contributed by atoms with Gasteiger partial charge in [0.05, 0.1) is 7.11 Å². The predicted molar refractivity (Wildman–Crippen MR) is 95.7 cm³/mol.